The zero-order valence-corrected chi connectivity index (χ0v) is 10.7. The van der Waals surface area contributed by atoms with Gasteiger partial charge in [-0.2, -0.15) is 5.10 Å². The Balaban J connectivity index is 2.43. The first kappa shape index (κ1) is 13.5. The predicted molar refractivity (Wildman–Crippen MR) is 67.3 cm³/mol. The largest absolute Gasteiger partial charge is 0.466 e. The van der Waals surface area contributed by atoms with E-state index in [0.29, 0.717) is 18.9 Å². The van der Waals surface area contributed by atoms with Gasteiger partial charge in [-0.1, -0.05) is 26.0 Å². The molecule has 0 saturated heterocycles. The Morgan fingerprint density at radius 2 is 2.35 bits per heavy atom. The third-order valence-corrected chi connectivity index (χ3v) is 2.11. The number of aromatic nitrogens is 2. The van der Waals surface area contributed by atoms with Crippen LogP contribution in [0.25, 0.3) is 6.08 Å². The van der Waals surface area contributed by atoms with Crippen LogP contribution in [0.1, 0.15) is 32.8 Å². The Bertz CT molecular complexity index is 381. The summed E-state index contributed by atoms with van der Waals surface area (Å²) in [4.78, 5) is 11.1. The van der Waals surface area contributed by atoms with Crippen molar-refractivity contribution in [1.29, 1.82) is 0 Å². The molecule has 0 aliphatic rings. The van der Waals surface area contributed by atoms with Crippen molar-refractivity contribution in [3.8, 4) is 0 Å². The van der Waals surface area contributed by atoms with E-state index in [9.17, 15) is 4.79 Å². The minimum Gasteiger partial charge on any atom is -0.466 e. The van der Waals surface area contributed by atoms with Crippen LogP contribution in [0.2, 0.25) is 0 Å². The fourth-order valence-electron chi connectivity index (χ4n) is 1.45. The molecule has 0 N–H and O–H groups in total. The molecule has 0 saturated carbocycles. The molecule has 1 aromatic heterocycles. The van der Waals surface area contributed by atoms with E-state index in [-0.39, 0.29) is 5.97 Å². The lowest BCUT2D eigenvalue weighted by atomic mass is 10.2. The molecule has 1 heterocycles. The molecule has 4 nitrogen and oxygen atoms in total. The third kappa shape index (κ3) is 5.33. The molecule has 0 aliphatic heterocycles. The highest BCUT2D eigenvalue weighted by Gasteiger charge is 1.99. The molecular weight excluding hydrogens is 216 g/mol. The molecule has 0 bridgehead atoms. The first-order valence-corrected chi connectivity index (χ1v) is 5.96. The van der Waals surface area contributed by atoms with Gasteiger partial charge in [0.25, 0.3) is 0 Å². The lowest BCUT2D eigenvalue weighted by Gasteiger charge is -2.02. The molecule has 94 valence electrons. The molecule has 0 radical (unpaired) electrons. The molecule has 0 spiro atoms. The third-order valence-electron chi connectivity index (χ3n) is 2.11. The van der Waals surface area contributed by atoms with Crippen molar-refractivity contribution >= 4 is 12.0 Å². The molecule has 0 amide bonds. The minimum absolute atomic E-state index is 0.196. The van der Waals surface area contributed by atoms with Crippen molar-refractivity contribution < 1.29 is 9.53 Å². The lowest BCUT2D eigenvalue weighted by molar-refractivity contribution is -0.142. The molecule has 17 heavy (non-hydrogen) atoms. The molecule has 0 fully saturated rings. The molecule has 0 atom stereocenters. The highest BCUT2D eigenvalue weighted by molar-refractivity contribution is 5.72. The molecule has 0 unspecified atom stereocenters. The van der Waals surface area contributed by atoms with Crippen molar-refractivity contribution in [2.45, 2.75) is 33.7 Å². The summed E-state index contributed by atoms with van der Waals surface area (Å²) in [5.41, 5.74) is 1.01. The molecule has 1 aromatic rings. The van der Waals surface area contributed by atoms with E-state index < -0.39 is 0 Å². The number of rotatable bonds is 6. The quantitative estimate of drug-likeness (QED) is 0.713. The summed E-state index contributed by atoms with van der Waals surface area (Å²) in [6, 6.07) is 0. The zero-order chi connectivity index (χ0) is 12.7. The van der Waals surface area contributed by atoms with Gasteiger partial charge in [0.2, 0.25) is 0 Å². The Morgan fingerprint density at radius 1 is 1.59 bits per heavy atom. The van der Waals surface area contributed by atoms with Crippen LogP contribution in [0.4, 0.5) is 0 Å². The van der Waals surface area contributed by atoms with Crippen molar-refractivity contribution in [2.75, 3.05) is 6.61 Å². The van der Waals surface area contributed by atoms with Gasteiger partial charge >= 0.3 is 5.97 Å². The van der Waals surface area contributed by atoms with Gasteiger partial charge < -0.3 is 4.74 Å². The van der Waals surface area contributed by atoms with Gasteiger partial charge in [0.05, 0.1) is 19.2 Å². The second kappa shape index (κ2) is 6.89. The van der Waals surface area contributed by atoms with Crippen LogP contribution in [0.15, 0.2) is 18.5 Å². The van der Waals surface area contributed by atoms with Crippen LogP contribution in [0.5, 0.6) is 0 Å². The van der Waals surface area contributed by atoms with E-state index in [4.69, 9.17) is 4.74 Å². The average Bonchev–Trinajstić information content (AvgIpc) is 2.65. The second-order valence-corrected chi connectivity index (χ2v) is 4.30. The van der Waals surface area contributed by atoms with E-state index >= 15 is 0 Å². The van der Waals surface area contributed by atoms with Gasteiger partial charge in [0, 0.05) is 18.3 Å². The van der Waals surface area contributed by atoms with Crippen LogP contribution in [0.3, 0.4) is 0 Å². The summed E-state index contributed by atoms with van der Waals surface area (Å²) in [6.07, 6.45) is 7.77. The van der Waals surface area contributed by atoms with Gasteiger partial charge in [0.15, 0.2) is 0 Å². The first-order chi connectivity index (χ1) is 8.11. The molecule has 1 rings (SSSR count). The van der Waals surface area contributed by atoms with Gasteiger partial charge in [-0.25, -0.2) is 0 Å². The highest BCUT2D eigenvalue weighted by atomic mass is 16.5. The fraction of sp³-hybridized carbons (Fsp3) is 0.538. The minimum atomic E-state index is -0.196. The summed E-state index contributed by atoms with van der Waals surface area (Å²) in [5.74, 6) is 0.379. The molecule has 0 aromatic carbocycles. The lowest BCUT2D eigenvalue weighted by Crippen LogP contribution is -2.03. The van der Waals surface area contributed by atoms with Crippen LogP contribution in [0, 0.1) is 5.92 Å². The maximum Gasteiger partial charge on any atom is 0.309 e. The summed E-state index contributed by atoms with van der Waals surface area (Å²) in [5, 5.41) is 4.24. The van der Waals surface area contributed by atoms with Gasteiger partial charge in [-0.15, -0.1) is 0 Å². The van der Waals surface area contributed by atoms with Gasteiger partial charge in [-0.05, 0) is 12.8 Å². The van der Waals surface area contributed by atoms with Crippen molar-refractivity contribution in [3.63, 3.8) is 0 Å². The Hall–Kier alpha value is -1.58. The maximum absolute atomic E-state index is 11.1. The van der Waals surface area contributed by atoms with Crippen molar-refractivity contribution in [3.05, 3.63) is 24.0 Å². The number of carbonyl (C=O) groups excluding carboxylic acids is 1. The van der Waals surface area contributed by atoms with Gasteiger partial charge in [-0.3, -0.25) is 9.48 Å². The SMILES string of the molecule is CCOC(=O)CC=Cc1cnn(CC(C)C)c1. The Labute approximate surface area is 102 Å². The van der Waals surface area contributed by atoms with E-state index in [1.54, 1.807) is 19.2 Å². The number of hydrogen-bond acceptors (Lipinski definition) is 3. The van der Waals surface area contributed by atoms with E-state index in [1.807, 2.05) is 17.0 Å². The first-order valence-electron chi connectivity index (χ1n) is 5.96. The summed E-state index contributed by atoms with van der Waals surface area (Å²) >= 11 is 0. The average molecular weight is 236 g/mol. The smallest absolute Gasteiger partial charge is 0.309 e. The molecule has 0 aliphatic carbocycles. The van der Waals surface area contributed by atoms with Crippen molar-refractivity contribution in [2.24, 2.45) is 5.92 Å². The molecule has 4 heteroatoms. The van der Waals surface area contributed by atoms with Crippen LogP contribution in [-0.4, -0.2) is 22.4 Å². The van der Waals surface area contributed by atoms with E-state index in [1.165, 1.54) is 0 Å². The van der Waals surface area contributed by atoms with Crippen LogP contribution < -0.4 is 0 Å². The molecular formula is C13H20N2O2. The summed E-state index contributed by atoms with van der Waals surface area (Å²) in [7, 11) is 0. The van der Waals surface area contributed by atoms with E-state index in [2.05, 4.69) is 18.9 Å². The number of hydrogen-bond donors (Lipinski definition) is 0. The fourth-order valence-corrected chi connectivity index (χ4v) is 1.45. The number of esters is 1. The monoisotopic (exact) mass is 236 g/mol. The summed E-state index contributed by atoms with van der Waals surface area (Å²) < 4.78 is 6.74. The number of nitrogens with zero attached hydrogens (tertiary/aromatic N) is 2. The zero-order valence-electron chi connectivity index (χ0n) is 10.7. The van der Waals surface area contributed by atoms with Crippen LogP contribution >= 0.6 is 0 Å². The maximum atomic E-state index is 11.1. The standard InChI is InChI=1S/C13H20N2O2/c1-4-17-13(16)7-5-6-12-8-14-15(10-12)9-11(2)3/h5-6,8,10-11H,4,7,9H2,1-3H3. The normalized spacial score (nSPS) is 11.3. The second-order valence-electron chi connectivity index (χ2n) is 4.30. The highest BCUT2D eigenvalue weighted by Crippen LogP contribution is 2.04. The number of ether oxygens (including phenoxy) is 1. The van der Waals surface area contributed by atoms with Crippen LogP contribution in [-0.2, 0) is 16.1 Å². The topological polar surface area (TPSA) is 44.1 Å². The number of carbonyl (C=O) groups is 1. The summed E-state index contributed by atoms with van der Waals surface area (Å²) in [6.45, 7) is 7.44. The predicted octanol–water partition coefficient (Wildman–Crippen LogP) is 2.51. The van der Waals surface area contributed by atoms with Gasteiger partial charge in [0.1, 0.15) is 0 Å². The Morgan fingerprint density at radius 3 is 3.00 bits per heavy atom. The van der Waals surface area contributed by atoms with Crippen molar-refractivity contribution in [1.82, 2.24) is 9.78 Å². The Kier molecular flexibility index (Phi) is 5.46. The van der Waals surface area contributed by atoms with E-state index in [0.717, 1.165) is 12.1 Å².